The molecule has 1 unspecified atom stereocenters. The monoisotopic (exact) mass is 241 g/mol. The minimum atomic E-state index is -0.260. The van der Waals surface area contributed by atoms with E-state index in [0.717, 1.165) is 16.4 Å². The molecule has 90 valence electrons. The van der Waals surface area contributed by atoms with Crippen molar-refractivity contribution in [2.75, 3.05) is 26.1 Å². The molecule has 1 heterocycles. The van der Waals surface area contributed by atoms with Crippen molar-refractivity contribution in [1.29, 1.82) is 0 Å². The Labute approximate surface area is 100 Å². The van der Waals surface area contributed by atoms with Crippen LogP contribution in [0.2, 0.25) is 0 Å². The fraction of sp³-hybridized carbons (Fsp3) is 0.727. The van der Waals surface area contributed by atoms with Gasteiger partial charge in [-0.3, -0.25) is 0 Å². The maximum atomic E-state index is 6.41. The molecule has 1 aliphatic rings. The Morgan fingerprint density at radius 1 is 1.44 bits per heavy atom. The standard InChI is InChI=1S/C11H19N3OS/c1-10(2)6-11(10,12)7-8(15-5)13-9(16-7)14(3)4/h6,12H2,1-5H3. The van der Waals surface area contributed by atoms with Crippen molar-refractivity contribution in [2.45, 2.75) is 25.8 Å². The van der Waals surface area contributed by atoms with E-state index in [1.165, 1.54) is 0 Å². The molecule has 0 radical (unpaired) electrons. The highest BCUT2D eigenvalue weighted by Crippen LogP contribution is 2.63. The SMILES string of the molecule is COc1nc(N(C)C)sc1C1(N)CC1(C)C. The van der Waals surface area contributed by atoms with Gasteiger partial charge in [0.1, 0.15) is 0 Å². The molecule has 5 heteroatoms. The van der Waals surface area contributed by atoms with Crippen molar-refractivity contribution in [3.63, 3.8) is 0 Å². The van der Waals surface area contributed by atoms with Gasteiger partial charge in [0.25, 0.3) is 0 Å². The molecule has 16 heavy (non-hydrogen) atoms. The summed E-state index contributed by atoms with van der Waals surface area (Å²) in [7, 11) is 5.60. The summed E-state index contributed by atoms with van der Waals surface area (Å²) in [4.78, 5) is 7.50. The third-order valence-corrected chi connectivity index (χ3v) is 4.75. The molecule has 0 bridgehead atoms. The minimum Gasteiger partial charge on any atom is -0.480 e. The summed E-state index contributed by atoms with van der Waals surface area (Å²) in [5, 5.41) is 0.944. The van der Waals surface area contributed by atoms with Gasteiger partial charge in [-0.25, -0.2) is 0 Å². The second-order valence-electron chi connectivity index (χ2n) is 5.26. The topological polar surface area (TPSA) is 51.4 Å². The van der Waals surface area contributed by atoms with Crippen LogP contribution >= 0.6 is 11.3 Å². The van der Waals surface area contributed by atoms with Gasteiger partial charge < -0.3 is 15.4 Å². The second kappa shape index (κ2) is 3.34. The third kappa shape index (κ3) is 1.50. The van der Waals surface area contributed by atoms with Gasteiger partial charge in [0, 0.05) is 14.1 Å². The Balaban J connectivity index is 2.42. The number of nitrogens with zero attached hydrogens (tertiary/aromatic N) is 2. The van der Waals surface area contributed by atoms with Crippen molar-refractivity contribution >= 4 is 16.5 Å². The molecule has 4 nitrogen and oxygen atoms in total. The molecule has 0 aromatic carbocycles. The lowest BCUT2D eigenvalue weighted by atomic mass is 10.0. The molecular weight excluding hydrogens is 222 g/mol. The van der Waals surface area contributed by atoms with E-state index in [0.29, 0.717) is 5.88 Å². The molecule has 1 aliphatic carbocycles. The summed E-state index contributed by atoms with van der Waals surface area (Å²) in [6.07, 6.45) is 0.991. The van der Waals surface area contributed by atoms with E-state index in [2.05, 4.69) is 18.8 Å². The molecule has 2 N–H and O–H groups in total. The summed E-state index contributed by atoms with van der Waals surface area (Å²) < 4.78 is 5.33. The average Bonchev–Trinajstić information content (AvgIpc) is 2.62. The number of nitrogens with two attached hydrogens (primary N) is 1. The van der Waals surface area contributed by atoms with Gasteiger partial charge in [0.05, 0.1) is 17.5 Å². The van der Waals surface area contributed by atoms with Crippen LogP contribution in [0, 0.1) is 5.41 Å². The second-order valence-corrected chi connectivity index (χ2v) is 6.24. The van der Waals surface area contributed by atoms with Crippen LogP contribution < -0.4 is 15.4 Å². The van der Waals surface area contributed by atoms with E-state index in [1.54, 1.807) is 18.4 Å². The van der Waals surface area contributed by atoms with Gasteiger partial charge in [-0.05, 0) is 11.8 Å². The lowest BCUT2D eigenvalue weighted by Gasteiger charge is -2.13. The molecule has 2 rings (SSSR count). The predicted octanol–water partition coefficient (Wildman–Crippen LogP) is 1.80. The summed E-state index contributed by atoms with van der Waals surface area (Å²) in [5.74, 6) is 0.682. The molecule has 1 atom stereocenters. The number of ether oxygens (including phenoxy) is 1. The van der Waals surface area contributed by atoms with E-state index < -0.39 is 0 Å². The van der Waals surface area contributed by atoms with E-state index >= 15 is 0 Å². The third-order valence-electron chi connectivity index (χ3n) is 3.37. The first-order valence-corrected chi connectivity index (χ1v) is 6.15. The zero-order chi connectivity index (χ0) is 12.1. The van der Waals surface area contributed by atoms with Gasteiger partial charge in [-0.1, -0.05) is 25.2 Å². The van der Waals surface area contributed by atoms with Crippen LogP contribution in [-0.4, -0.2) is 26.2 Å². The zero-order valence-electron chi connectivity index (χ0n) is 10.5. The smallest absolute Gasteiger partial charge is 0.231 e. The first kappa shape index (κ1) is 11.7. The highest BCUT2D eigenvalue weighted by Gasteiger charge is 2.62. The Morgan fingerprint density at radius 3 is 2.38 bits per heavy atom. The van der Waals surface area contributed by atoms with Crippen molar-refractivity contribution in [1.82, 2.24) is 4.98 Å². The van der Waals surface area contributed by atoms with Crippen molar-refractivity contribution < 1.29 is 4.74 Å². The number of hydrogen-bond donors (Lipinski definition) is 1. The van der Waals surface area contributed by atoms with E-state index in [4.69, 9.17) is 10.5 Å². The van der Waals surface area contributed by atoms with Gasteiger partial charge in [-0.2, -0.15) is 4.98 Å². The molecule has 1 aromatic rings. The first-order valence-electron chi connectivity index (χ1n) is 5.33. The van der Waals surface area contributed by atoms with Gasteiger partial charge in [-0.15, -0.1) is 0 Å². The summed E-state index contributed by atoms with van der Waals surface area (Å²) >= 11 is 1.63. The summed E-state index contributed by atoms with van der Waals surface area (Å²) in [5.41, 5.74) is 6.30. The number of aromatic nitrogens is 1. The Kier molecular flexibility index (Phi) is 2.44. The van der Waals surface area contributed by atoms with Crippen molar-refractivity contribution in [3.05, 3.63) is 4.88 Å². The van der Waals surface area contributed by atoms with Gasteiger partial charge >= 0.3 is 0 Å². The first-order chi connectivity index (χ1) is 7.32. The summed E-state index contributed by atoms with van der Waals surface area (Å²) in [6.45, 7) is 4.36. The fourth-order valence-electron chi connectivity index (χ4n) is 1.95. The minimum absolute atomic E-state index is 0.149. The Hall–Kier alpha value is -0.810. The molecule has 1 aromatic heterocycles. The number of anilines is 1. The van der Waals surface area contributed by atoms with E-state index in [9.17, 15) is 0 Å². The average molecular weight is 241 g/mol. The Morgan fingerprint density at radius 2 is 2.00 bits per heavy atom. The molecule has 1 saturated carbocycles. The largest absolute Gasteiger partial charge is 0.480 e. The lowest BCUT2D eigenvalue weighted by Crippen LogP contribution is -2.24. The van der Waals surface area contributed by atoms with Crippen LogP contribution in [-0.2, 0) is 5.54 Å². The fourth-order valence-corrected chi connectivity index (χ4v) is 3.19. The Bertz CT molecular complexity index is 413. The number of thiazole rings is 1. The van der Waals surface area contributed by atoms with Gasteiger partial charge in [0.2, 0.25) is 5.88 Å². The van der Waals surface area contributed by atoms with E-state index in [1.807, 2.05) is 19.0 Å². The lowest BCUT2D eigenvalue weighted by molar-refractivity contribution is 0.385. The maximum Gasteiger partial charge on any atom is 0.231 e. The van der Waals surface area contributed by atoms with Crippen LogP contribution in [0.3, 0.4) is 0 Å². The molecule has 1 fully saturated rings. The van der Waals surface area contributed by atoms with Crippen LogP contribution in [0.5, 0.6) is 5.88 Å². The van der Waals surface area contributed by atoms with Crippen LogP contribution in [0.1, 0.15) is 25.1 Å². The predicted molar refractivity (Wildman–Crippen MR) is 67.3 cm³/mol. The highest BCUT2D eigenvalue weighted by molar-refractivity contribution is 7.16. The highest BCUT2D eigenvalue weighted by atomic mass is 32.1. The van der Waals surface area contributed by atoms with Crippen molar-refractivity contribution in [2.24, 2.45) is 11.1 Å². The molecule has 0 aliphatic heterocycles. The molecule has 0 spiro atoms. The number of methoxy groups -OCH3 is 1. The zero-order valence-corrected chi connectivity index (χ0v) is 11.3. The van der Waals surface area contributed by atoms with Crippen LogP contribution in [0.15, 0.2) is 0 Å². The molecule has 0 amide bonds. The van der Waals surface area contributed by atoms with Crippen molar-refractivity contribution in [3.8, 4) is 5.88 Å². The quantitative estimate of drug-likeness (QED) is 0.876. The normalized spacial score (nSPS) is 26.6. The van der Waals surface area contributed by atoms with E-state index in [-0.39, 0.29) is 11.0 Å². The van der Waals surface area contributed by atoms with Crippen LogP contribution in [0.25, 0.3) is 0 Å². The number of rotatable bonds is 3. The number of hydrogen-bond acceptors (Lipinski definition) is 5. The molecule has 0 saturated heterocycles. The molecular formula is C11H19N3OS. The maximum absolute atomic E-state index is 6.41. The van der Waals surface area contributed by atoms with Gasteiger partial charge in [0.15, 0.2) is 5.13 Å². The van der Waals surface area contributed by atoms with Crippen LogP contribution in [0.4, 0.5) is 5.13 Å². The summed E-state index contributed by atoms with van der Waals surface area (Å²) in [6, 6.07) is 0.